The van der Waals surface area contributed by atoms with Crippen LogP contribution in [0.4, 0.5) is 18.9 Å². The normalized spacial score (nSPS) is 17.9. The number of alkyl halides is 3. The van der Waals surface area contributed by atoms with Gasteiger partial charge in [-0.25, -0.2) is 0 Å². The lowest BCUT2D eigenvalue weighted by atomic mass is 10.0. The summed E-state index contributed by atoms with van der Waals surface area (Å²) in [5, 5.41) is 0. The van der Waals surface area contributed by atoms with Crippen LogP contribution in [0.15, 0.2) is 48.5 Å². The molecule has 1 saturated heterocycles. The molecule has 1 aliphatic heterocycles. The Morgan fingerprint density at radius 1 is 1.08 bits per heavy atom. The quantitative estimate of drug-likeness (QED) is 0.789. The van der Waals surface area contributed by atoms with Gasteiger partial charge in [0.25, 0.3) is 5.91 Å². The minimum atomic E-state index is -4.81. The molecule has 2 aromatic rings. The van der Waals surface area contributed by atoms with Crippen molar-refractivity contribution in [3.05, 3.63) is 59.7 Å². The van der Waals surface area contributed by atoms with E-state index in [1.165, 1.54) is 23.1 Å². The first kappa shape index (κ1) is 17.0. The van der Waals surface area contributed by atoms with Gasteiger partial charge in [0.1, 0.15) is 5.75 Å². The van der Waals surface area contributed by atoms with Crippen molar-refractivity contribution in [1.29, 1.82) is 0 Å². The van der Waals surface area contributed by atoms with Gasteiger partial charge in [-0.1, -0.05) is 29.8 Å². The maximum absolute atomic E-state index is 12.4. The molecule has 25 heavy (non-hydrogen) atoms. The van der Waals surface area contributed by atoms with E-state index < -0.39 is 24.1 Å². The van der Waals surface area contributed by atoms with Gasteiger partial charge < -0.3 is 4.74 Å². The fourth-order valence-corrected chi connectivity index (χ4v) is 2.82. The van der Waals surface area contributed by atoms with Crippen molar-refractivity contribution in [2.24, 2.45) is 0 Å². The lowest BCUT2D eigenvalue weighted by Crippen LogP contribution is -2.29. The van der Waals surface area contributed by atoms with E-state index in [1.807, 2.05) is 6.92 Å². The number of amides is 1. The van der Waals surface area contributed by atoms with Crippen LogP contribution >= 0.6 is 0 Å². The Kier molecular flexibility index (Phi) is 4.24. The Balaban J connectivity index is 1.97. The van der Waals surface area contributed by atoms with Gasteiger partial charge >= 0.3 is 6.36 Å². The predicted molar refractivity (Wildman–Crippen MR) is 84.2 cm³/mol. The highest BCUT2D eigenvalue weighted by Crippen LogP contribution is 2.37. The fourth-order valence-electron chi connectivity index (χ4n) is 2.82. The number of benzene rings is 2. The fraction of sp³-hybridized carbons (Fsp3) is 0.222. The molecule has 1 fully saturated rings. The first-order valence-corrected chi connectivity index (χ1v) is 7.53. The molecule has 2 aromatic carbocycles. The molecule has 0 radical (unpaired) electrons. The van der Waals surface area contributed by atoms with Crippen LogP contribution in [-0.2, 0) is 9.59 Å². The SMILES string of the molecule is Cc1ccc(N2C(=O)C(=O)CC2c2cccc(OC(F)(F)F)c2)cc1. The average molecular weight is 349 g/mol. The molecular weight excluding hydrogens is 335 g/mol. The molecule has 3 rings (SSSR count). The molecule has 130 valence electrons. The summed E-state index contributed by atoms with van der Waals surface area (Å²) in [6, 6.07) is 11.7. The first-order chi connectivity index (χ1) is 11.7. The molecule has 1 amide bonds. The zero-order valence-electron chi connectivity index (χ0n) is 13.2. The number of aryl methyl sites for hydroxylation is 1. The van der Waals surface area contributed by atoms with E-state index in [0.717, 1.165) is 5.56 Å². The lowest BCUT2D eigenvalue weighted by molar-refractivity contribution is -0.274. The molecule has 0 spiro atoms. The minimum Gasteiger partial charge on any atom is -0.406 e. The van der Waals surface area contributed by atoms with E-state index in [0.29, 0.717) is 11.3 Å². The number of carbonyl (C=O) groups is 2. The maximum atomic E-state index is 12.4. The van der Waals surface area contributed by atoms with E-state index in [2.05, 4.69) is 4.74 Å². The topological polar surface area (TPSA) is 46.6 Å². The number of Topliss-reactive ketones (excluding diaryl/α,β-unsaturated/α-hetero) is 1. The van der Waals surface area contributed by atoms with Crippen LogP contribution in [0, 0.1) is 6.92 Å². The highest BCUT2D eigenvalue weighted by atomic mass is 19.4. The van der Waals surface area contributed by atoms with Crippen molar-refractivity contribution in [1.82, 2.24) is 0 Å². The zero-order valence-corrected chi connectivity index (χ0v) is 13.2. The zero-order chi connectivity index (χ0) is 18.2. The van der Waals surface area contributed by atoms with Crippen LogP contribution in [-0.4, -0.2) is 18.1 Å². The number of nitrogens with zero attached hydrogens (tertiary/aromatic N) is 1. The molecule has 7 heteroatoms. The number of anilines is 1. The number of carbonyl (C=O) groups excluding carboxylic acids is 2. The summed E-state index contributed by atoms with van der Waals surface area (Å²) in [4.78, 5) is 25.5. The molecule has 0 bridgehead atoms. The summed E-state index contributed by atoms with van der Waals surface area (Å²) in [5.74, 6) is -1.63. The summed E-state index contributed by atoms with van der Waals surface area (Å²) >= 11 is 0. The van der Waals surface area contributed by atoms with Gasteiger partial charge in [0.05, 0.1) is 6.04 Å². The lowest BCUT2D eigenvalue weighted by Gasteiger charge is -2.25. The minimum absolute atomic E-state index is 0.0951. The van der Waals surface area contributed by atoms with E-state index in [1.54, 1.807) is 30.3 Å². The van der Waals surface area contributed by atoms with Crippen LogP contribution in [0.2, 0.25) is 0 Å². The molecule has 0 aliphatic carbocycles. The highest BCUT2D eigenvalue weighted by molar-refractivity contribution is 6.44. The van der Waals surface area contributed by atoms with Crippen molar-refractivity contribution in [3.63, 3.8) is 0 Å². The number of halogens is 3. The summed E-state index contributed by atoms with van der Waals surface area (Å²) < 4.78 is 41.2. The van der Waals surface area contributed by atoms with Gasteiger partial charge in [0.2, 0.25) is 5.78 Å². The van der Waals surface area contributed by atoms with Crippen molar-refractivity contribution < 1.29 is 27.5 Å². The molecule has 1 heterocycles. The van der Waals surface area contributed by atoms with E-state index in [-0.39, 0.29) is 12.2 Å². The second-order valence-electron chi connectivity index (χ2n) is 5.77. The molecule has 1 unspecified atom stereocenters. The number of hydrogen-bond donors (Lipinski definition) is 0. The summed E-state index contributed by atoms with van der Waals surface area (Å²) in [7, 11) is 0. The highest BCUT2D eigenvalue weighted by Gasteiger charge is 2.40. The smallest absolute Gasteiger partial charge is 0.406 e. The monoisotopic (exact) mass is 349 g/mol. The Bertz CT molecular complexity index is 815. The van der Waals surface area contributed by atoms with E-state index in [9.17, 15) is 22.8 Å². The van der Waals surface area contributed by atoms with Gasteiger partial charge in [-0.2, -0.15) is 0 Å². The van der Waals surface area contributed by atoms with E-state index in [4.69, 9.17) is 0 Å². The standard InChI is InChI=1S/C18H14F3NO3/c1-11-5-7-13(8-6-11)22-15(10-16(23)17(22)24)12-3-2-4-14(9-12)25-18(19,20)21/h2-9,15H,10H2,1H3. The Morgan fingerprint density at radius 2 is 1.76 bits per heavy atom. The van der Waals surface area contributed by atoms with Crippen LogP contribution < -0.4 is 9.64 Å². The van der Waals surface area contributed by atoms with Crippen LogP contribution in [0.3, 0.4) is 0 Å². The van der Waals surface area contributed by atoms with Gasteiger partial charge in [-0.05, 0) is 36.8 Å². The van der Waals surface area contributed by atoms with Crippen molar-refractivity contribution in [2.45, 2.75) is 25.7 Å². The second-order valence-corrected chi connectivity index (χ2v) is 5.77. The van der Waals surface area contributed by atoms with Crippen molar-refractivity contribution in [2.75, 3.05) is 4.90 Å². The first-order valence-electron chi connectivity index (χ1n) is 7.53. The van der Waals surface area contributed by atoms with Crippen LogP contribution in [0.1, 0.15) is 23.6 Å². The molecule has 0 N–H and O–H groups in total. The van der Waals surface area contributed by atoms with Gasteiger partial charge in [0.15, 0.2) is 0 Å². The van der Waals surface area contributed by atoms with Crippen molar-refractivity contribution in [3.8, 4) is 5.75 Å². The van der Waals surface area contributed by atoms with E-state index >= 15 is 0 Å². The third-order valence-electron chi connectivity index (χ3n) is 3.94. The molecule has 0 aromatic heterocycles. The third kappa shape index (κ3) is 3.65. The predicted octanol–water partition coefficient (Wildman–Crippen LogP) is 3.94. The number of hydrogen-bond acceptors (Lipinski definition) is 3. The summed E-state index contributed by atoms with van der Waals surface area (Å²) in [5.41, 5.74) is 1.91. The average Bonchev–Trinajstić information content (AvgIpc) is 2.83. The molecule has 4 nitrogen and oxygen atoms in total. The number of ketones is 1. The van der Waals surface area contributed by atoms with Gasteiger partial charge in [-0.3, -0.25) is 14.5 Å². The maximum Gasteiger partial charge on any atom is 0.573 e. The Labute approximate surface area is 141 Å². The number of rotatable bonds is 3. The molecule has 0 saturated carbocycles. The van der Waals surface area contributed by atoms with Gasteiger partial charge in [0, 0.05) is 12.1 Å². The number of ether oxygens (including phenoxy) is 1. The van der Waals surface area contributed by atoms with Crippen molar-refractivity contribution >= 4 is 17.4 Å². The summed E-state index contributed by atoms with van der Waals surface area (Å²) in [6.45, 7) is 1.89. The Hall–Kier alpha value is -2.83. The third-order valence-corrected chi connectivity index (χ3v) is 3.94. The molecular formula is C18H14F3NO3. The van der Waals surface area contributed by atoms with Crippen LogP contribution in [0.25, 0.3) is 0 Å². The van der Waals surface area contributed by atoms with Gasteiger partial charge in [-0.15, -0.1) is 13.2 Å². The van der Waals surface area contributed by atoms with Crippen LogP contribution in [0.5, 0.6) is 5.75 Å². The summed E-state index contributed by atoms with van der Waals surface area (Å²) in [6.07, 6.45) is -4.90. The molecule has 1 atom stereocenters. The Morgan fingerprint density at radius 3 is 2.40 bits per heavy atom. The second kappa shape index (κ2) is 6.23. The molecule has 1 aliphatic rings. The largest absolute Gasteiger partial charge is 0.573 e.